The molecule has 0 aromatic carbocycles. The highest BCUT2D eigenvalue weighted by Crippen LogP contribution is 2.15. The number of amides is 2. The van der Waals surface area contributed by atoms with E-state index in [9.17, 15) is 4.79 Å². The summed E-state index contributed by atoms with van der Waals surface area (Å²) in [5.41, 5.74) is 0. The quantitative estimate of drug-likeness (QED) is 0.793. The van der Waals surface area contributed by atoms with Crippen molar-refractivity contribution in [2.75, 3.05) is 26.2 Å². The van der Waals surface area contributed by atoms with E-state index in [4.69, 9.17) is 0 Å². The van der Waals surface area contributed by atoms with Crippen LogP contribution in [0.5, 0.6) is 0 Å². The third-order valence-corrected chi connectivity index (χ3v) is 4.69. The molecule has 1 aliphatic heterocycles. The summed E-state index contributed by atoms with van der Waals surface area (Å²) in [6, 6.07) is 3.96. The van der Waals surface area contributed by atoms with Gasteiger partial charge in [0.25, 0.3) is 0 Å². The van der Waals surface area contributed by atoms with Crippen molar-refractivity contribution in [3.05, 3.63) is 22.4 Å². The number of nitrogens with zero attached hydrogens (tertiary/aromatic N) is 1. The van der Waals surface area contributed by atoms with Gasteiger partial charge in [-0.05, 0) is 56.3 Å². The number of thiophene rings is 1. The van der Waals surface area contributed by atoms with Crippen LogP contribution < -0.4 is 10.6 Å². The molecule has 2 amide bonds. The summed E-state index contributed by atoms with van der Waals surface area (Å²) in [5.74, 6) is 0.882. The number of likely N-dealkylation sites (tertiary alicyclic amines) is 1. The molecule has 1 aliphatic rings. The fraction of sp³-hybridized carbons (Fsp3) is 0.667. The van der Waals surface area contributed by atoms with Gasteiger partial charge < -0.3 is 15.5 Å². The van der Waals surface area contributed by atoms with Crippen molar-refractivity contribution >= 4 is 17.4 Å². The zero-order valence-corrected chi connectivity index (χ0v) is 13.0. The minimum atomic E-state index is -0.0642. The summed E-state index contributed by atoms with van der Waals surface area (Å²) in [6.45, 7) is 7.22. The first kappa shape index (κ1) is 15.3. The second-order valence-corrected chi connectivity index (χ2v) is 6.60. The standard InChI is InChI=1S/C15H25N3OS/c1-13-5-9-18(10-6-13)8-3-7-16-15(19)17-12-14-4-2-11-20-14/h2,4,11,13H,3,5-10,12H2,1H3,(H2,16,17,19). The highest BCUT2D eigenvalue weighted by molar-refractivity contribution is 7.09. The fourth-order valence-electron chi connectivity index (χ4n) is 2.43. The average Bonchev–Trinajstić information content (AvgIpc) is 2.96. The Morgan fingerprint density at radius 2 is 2.20 bits per heavy atom. The van der Waals surface area contributed by atoms with E-state index in [2.05, 4.69) is 22.5 Å². The van der Waals surface area contributed by atoms with Gasteiger partial charge in [-0.15, -0.1) is 11.3 Å². The first-order valence-corrected chi connectivity index (χ1v) is 8.38. The van der Waals surface area contributed by atoms with Crippen molar-refractivity contribution in [3.63, 3.8) is 0 Å². The van der Waals surface area contributed by atoms with E-state index in [0.29, 0.717) is 6.54 Å². The lowest BCUT2D eigenvalue weighted by Gasteiger charge is -2.30. The summed E-state index contributed by atoms with van der Waals surface area (Å²) >= 11 is 1.66. The van der Waals surface area contributed by atoms with Gasteiger partial charge in [-0.1, -0.05) is 13.0 Å². The van der Waals surface area contributed by atoms with Crippen molar-refractivity contribution in [2.24, 2.45) is 5.92 Å². The lowest BCUT2D eigenvalue weighted by Crippen LogP contribution is -2.38. The van der Waals surface area contributed by atoms with Crippen LogP contribution in [-0.4, -0.2) is 37.1 Å². The summed E-state index contributed by atoms with van der Waals surface area (Å²) in [5, 5.41) is 7.82. The van der Waals surface area contributed by atoms with Gasteiger partial charge in [0.1, 0.15) is 0 Å². The lowest BCUT2D eigenvalue weighted by molar-refractivity contribution is 0.190. The van der Waals surface area contributed by atoms with Crippen molar-refractivity contribution in [1.29, 1.82) is 0 Å². The molecule has 0 spiro atoms. The fourth-order valence-corrected chi connectivity index (χ4v) is 3.08. The zero-order valence-electron chi connectivity index (χ0n) is 12.2. The molecule has 1 aromatic rings. The van der Waals surface area contributed by atoms with Crippen molar-refractivity contribution in [1.82, 2.24) is 15.5 Å². The molecule has 0 saturated carbocycles. The molecular weight excluding hydrogens is 270 g/mol. The number of carbonyl (C=O) groups is 1. The minimum absolute atomic E-state index is 0.0642. The van der Waals surface area contributed by atoms with Crippen molar-refractivity contribution in [2.45, 2.75) is 32.7 Å². The van der Waals surface area contributed by atoms with Crippen LogP contribution in [0.2, 0.25) is 0 Å². The smallest absolute Gasteiger partial charge is 0.315 e. The number of nitrogens with one attached hydrogen (secondary N) is 2. The van der Waals surface area contributed by atoms with E-state index in [1.165, 1.54) is 30.8 Å². The Kier molecular flexibility index (Phi) is 6.33. The van der Waals surface area contributed by atoms with Crippen LogP contribution in [0.3, 0.4) is 0 Å². The van der Waals surface area contributed by atoms with Gasteiger partial charge in [-0.2, -0.15) is 0 Å². The van der Waals surface area contributed by atoms with E-state index in [1.54, 1.807) is 11.3 Å². The van der Waals surface area contributed by atoms with Crippen LogP contribution in [0.25, 0.3) is 0 Å². The molecule has 2 N–H and O–H groups in total. The third kappa shape index (κ3) is 5.51. The van der Waals surface area contributed by atoms with Gasteiger partial charge in [0.05, 0.1) is 6.54 Å². The Bertz CT molecular complexity index is 386. The number of rotatable bonds is 6. The predicted octanol–water partition coefficient (Wildman–Crippen LogP) is 2.67. The SMILES string of the molecule is CC1CCN(CCCNC(=O)NCc2cccs2)CC1. The second-order valence-electron chi connectivity index (χ2n) is 5.57. The summed E-state index contributed by atoms with van der Waals surface area (Å²) in [7, 11) is 0. The number of hydrogen-bond donors (Lipinski definition) is 2. The minimum Gasteiger partial charge on any atom is -0.338 e. The molecular formula is C15H25N3OS. The van der Waals surface area contributed by atoms with Crippen LogP contribution in [-0.2, 0) is 6.54 Å². The van der Waals surface area contributed by atoms with Gasteiger partial charge >= 0.3 is 6.03 Å². The summed E-state index contributed by atoms with van der Waals surface area (Å²) in [6.07, 6.45) is 3.66. The summed E-state index contributed by atoms with van der Waals surface area (Å²) < 4.78 is 0. The zero-order chi connectivity index (χ0) is 14.2. The van der Waals surface area contributed by atoms with Crippen LogP contribution in [0.4, 0.5) is 4.79 Å². The second kappa shape index (κ2) is 8.27. The highest BCUT2D eigenvalue weighted by Gasteiger charge is 2.14. The monoisotopic (exact) mass is 295 g/mol. The van der Waals surface area contributed by atoms with Gasteiger partial charge in [0.2, 0.25) is 0 Å². The Morgan fingerprint density at radius 3 is 2.90 bits per heavy atom. The maximum absolute atomic E-state index is 11.6. The molecule has 0 aliphatic carbocycles. The molecule has 2 rings (SSSR count). The Balaban J connectivity index is 1.49. The number of piperidine rings is 1. The van der Waals surface area contributed by atoms with E-state index in [1.807, 2.05) is 17.5 Å². The van der Waals surface area contributed by atoms with E-state index < -0.39 is 0 Å². The summed E-state index contributed by atoms with van der Waals surface area (Å²) in [4.78, 5) is 15.3. The average molecular weight is 295 g/mol. The highest BCUT2D eigenvalue weighted by atomic mass is 32.1. The van der Waals surface area contributed by atoms with Crippen LogP contribution in [0.15, 0.2) is 17.5 Å². The van der Waals surface area contributed by atoms with Gasteiger partial charge in [-0.3, -0.25) is 0 Å². The molecule has 0 unspecified atom stereocenters. The third-order valence-electron chi connectivity index (χ3n) is 3.82. The predicted molar refractivity (Wildman–Crippen MR) is 84.0 cm³/mol. The van der Waals surface area contributed by atoms with E-state index in [0.717, 1.165) is 25.4 Å². The van der Waals surface area contributed by atoms with Crippen molar-refractivity contribution in [3.8, 4) is 0 Å². The maximum atomic E-state index is 11.6. The lowest BCUT2D eigenvalue weighted by atomic mass is 9.99. The first-order chi connectivity index (χ1) is 9.74. The Labute approximate surface area is 125 Å². The largest absolute Gasteiger partial charge is 0.338 e. The first-order valence-electron chi connectivity index (χ1n) is 7.50. The normalized spacial score (nSPS) is 17.1. The molecule has 0 radical (unpaired) electrons. The van der Waals surface area contributed by atoms with Crippen LogP contribution in [0.1, 0.15) is 31.1 Å². The number of hydrogen-bond acceptors (Lipinski definition) is 3. The Hall–Kier alpha value is -1.07. The van der Waals surface area contributed by atoms with E-state index in [-0.39, 0.29) is 6.03 Å². The van der Waals surface area contributed by atoms with Gasteiger partial charge in [0, 0.05) is 11.4 Å². The van der Waals surface area contributed by atoms with Crippen molar-refractivity contribution < 1.29 is 4.79 Å². The van der Waals surface area contributed by atoms with Gasteiger partial charge in [0.15, 0.2) is 0 Å². The molecule has 0 atom stereocenters. The molecule has 1 aromatic heterocycles. The molecule has 2 heterocycles. The molecule has 4 nitrogen and oxygen atoms in total. The van der Waals surface area contributed by atoms with E-state index >= 15 is 0 Å². The molecule has 0 bridgehead atoms. The topological polar surface area (TPSA) is 44.4 Å². The maximum Gasteiger partial charge on any atom is 0.315 e. The molecule has 1 saturated heterocycles. The van der Waals surface area contributed by atoms with Crippen LogP contribution >= 0.6 is 11.3 Å². The Morgan fingerprint density at radius 1 is 1.40 bits per heavy atom. The number of urea groups is 1. The molecule has 1 fully saturated rings. The van der Waals surface area contributed by atoms with Gasteiger partial charge in [-0.25, -0.2) is 4.79 Å². The molecule has 5 heteroatoms. The molecule has 20 heavy (non-hydrogen) atoms. The molecule has 112 valence electrons. The van der Waals surface area contributed by atoms with Crippen LogP contribution in [0, 0.1) is 5.92 Å². The number of carbonyl (C=O) groups excluding carboxylic acids is 1.